The third kappa shape index (κ3) is 6.38. The maximum absolute atomic E-state index is 13.1. The van der Waals surface area contributed by atoms with Gasteiger partial charge in [-0.3, -0.25) is 9.59 Å². The highest BCUT2D eigenvalue weighted by molar-refractivity contribution is 5.98. The number of nitrogens with one attached hydrogen (secondary N) is 1. The van der Waals surface area contributed by atoms with E-state index in [-0.39, 0.29) is 43.1 Å². The molecule has 7 heteroatoms. The second-order valence-corrected chi connectivity index (χ2v) is 7.13. The van der Waals surface area contributed by atoms with Gasteiger partial charge in [-0.1, -0.05) is 36.4 Å². The molecule has 0 aliphatic rings. The predicted octanol–water partition coefficient (Wildman–Crippen LogP) is 4.32. The van der Waals surface area contributed by atoms with Crippen molar-refractivity contribution in [2.45, 2.75) is 20.1 Å². The highest BCUT2D eigenvalue weighted by atomic mass is 19.1. The van der Waals surface area contributed by atoms with Crippen LogP contribution in [0.25, 0.3) is 0 Å². The van der Waals surface area contributed by atoms with Gasteiger partial charge < -0.3 is 15.0 Å². The van der Waals surface area contributed by atoms with Gasteiger partial charge in [0.2, 0.25) is 5.91 Å². The van der Waals surface area contributed by atoms with E-state index in [1.807, 2.05) is 0 Å². The lowest BCUT2D eigenvalue weighted by molar-refractivity contribution is -0.121. The molecule has 0 spiro atoms. The second kappa shape index (κ2) is 11.0. The van der Waals surface area contributed by atoms with E-state index in [4.69, 9.17) is 4.74 Å². The molecule has 0 aromatic heterocycles. The molecule has 0 saturated carbocycles. The van der Waals surface area contributed by atoms with Crippen molar-refractivity contribution in [3.63, 3.8) is 0 Å². The Kier molecular flexibility index (Phi) is 7.91. The smallest absolute Gasteiger partial charge is 0.258 e. The largest absolute Gasteiger partial charge is 0.488 e. The van der Waals surface area contributed by atoms with E-state index in [2.05, 4.69) is 5.32 Å². The van der Waals surface area contributed by atoms with Crippen LogP contribution in [0.4, 0.5) is 8.78 Å². The normalized spacial score (nSPS) is 10.5. The van der Waals surface area contributed by atoms with Crippen molar-refractivity contribution in [3.8, 4) is 5.75 Å². The summed E-state index contributed by atoms with van der Waals surface area (Å²) >= 11 is 0. The number of likely N-dealkylation sites (N-methyl/N-ethyl adjacent to an activating group) is 1. The number of halogens is 2. The lowest BCUT2D eigenvalue weighted by atomic mass is 10.1. The summed E-state index contributed by atoms with van der Waals surface area (Å²) in [5.41, 5.74) is 1.86. The van der Waals surface area contributed by atoms with E-state index >= 15 is 0 Å². The summed E-state index contributed by atoms with van der Waals surface area (Å²) in [4.78, 5) is 26.9. The molecule has 3 rings (SSSR count). The molecular formula is C25H24F2N2O3. The molecule has 0 bridgehead atoms. The molecule has 0 unspecified atom stereocenters. The first-order valence-electron chi connectivity index (χ1n) is 10.2. The van der Waals surface area contributed by atoms with Crippen LogP contribution in [0.15, 0.2) is 72.8 Å². The zero-order valence-electron chi connectivity index (χ0n) is 17.7. The van der Waals surface area contributed by atoms with Crippen LogP contribution in [0.2, 0.25) is 0 Å². The van der Waals surface area contributed by atoms with Crippen molar-refractivity contribution in [1.82, 2.24) is 10.2 Å². The molecule has 3 aromatic carbocycles. The van der Waals surface area contributed by atoms with Crippen LogP contribution in [0.5, 0.6) is 5.75 Å². The number of ether oxygens (including phenoxy) is 1. The van der Waals surface area contributed by atoms with Crippen LogP contribution >= 0.6 is 0 Å². The molecule has 0 fully saturated rings. The van der Waals surface area contributed by atoms with Gasteiger partial charge in [0.25, 0.3) is 5.91 Å². The van der Waals surface area contributed by atoms with E-state index < -0.39 is 0 Å². The summed E-state index contributed by atoms with van der Waals surface area (Å²) in [6, 6.07) is 18.5. The molecule has 0 aliphatic carbocycles. The van der Waals surface area contributed by atoms with Crippen molar-refractivity contribution in [2.24, 2.45) is 0 Å². The Morgan fingerprint density at radius 1 is 0.875 bits per heavy atom. The summed E-state index contributed by atoms with van der Waals surface area (Å²) in [6.07, 6.45) is 0. The maximum Gasteiger partial charge on any atom is 0.258 e. The first-order valence-corrected chi connectivity index (χ1v) is 10.2. The number of carbonyl (C=O) groups excluding carboxylic acids is 2. The highest BCUT2D eigenvalue weighted by Crippen LogP contribution is 2.21. The Labute approximate surface area is 185 Å². The molecule has 1 N–H and O–H groups in total. The number of hydrogen-bond acceptors (Lipinski definition) is 3. The van der Waals surface area contributed by atoms with Crippen molar-refractivity contribution in [1.29, 1.82) is 0 Å². The average Bonchev–Trinajstić information content (AvgIpc) is 2.81. The first kappa shape index (κ1) is 22.9. The standard InChI is InChI=1S/C25H24F2N2O3/c1-2-29(16-24(30)28-15-18-7-11-20(26)12-8-18)25(31)22-5-3-4-6-23(22)32-17-19-9-13-21(27)14-10-19/h3-14H,2,15-17H2,1H3,(H,28,30). The summed E-state index contributed by atoms with van der Waals surface area (Å²) in [5.74, 6) is -0.955. The van der Waals surface area contributed by atoms with Crippen LogP contribution < -0.4 is 10.1 Å². The molecule has 5 nitrogen and oxygen atoms in total. The van der Waals surface area contributed by atoms with Crippen LogP contribution in [-0.2, 0) is 17.9 Å². The quantitative estimate of drug-likeness (QED) is 0.541. The van der Waals surface area contributed by atoms with E-state index in [0.717, 1.165) is 11.1 Å². The van der Waals surface area contributed by atoms with Gasteiger partial charge in [-0.25, -0.2) is 8.78 Å². The molecular weight excluding hydrogens is 414 g/mol. The molecule has 2 amide bonds. The average molecular weight is 438 g/mol. The van der Waals surface area contributed by atoms with Gasteiger partial charge in [-0.15, -0.1) is 0 Å². The highest BCUT2D eigenvalue weighted by Gasteiger charge is 2.20. The van der Waals surface area contributed by atoms with Gasteiger partial charge >= 0.3 is 0 Å². The molecule has 0 radical (unpaired) electrons. The zero-order valence-corrected chi connectivity index (χ0v) is 17.7. The van der Waals surface area contributed by atoms with Crippen molar-refractivity contribution < 1.29 is 23.1 Å². The third-order valence-corrected chi connectivity index (χ3v) is 4.83. The fourth-order valence-corrected chi connectivity index (χ4v) is 3.04. The van der Waals surface area contributed by atoms with E-state index in [1.165, 1.54) is 29.2 Å². The predicted molar refractivity (Wildman–Crippen MR) is 117 cm³/mol. The molecule has 0 heterocycles. The lowest BCUT2D eigenvalue weighted by Crippen LogP contribution is -2.40. The van der Waals surface area contributed by atoms with E-state index in [0.29, 0.717) is 17.9 Å². The minimum Gasteiger partial charge on any atom is -0.488 e. The van der Waals surface area contributed by atoms with Crippen LogP contribution in [-0.4, -0.2) is 29.8 Å². The SMILES string of the molecule is CCN(CC(=O)NCc1ccc(F)cc1)C(=O)c1ccccc1OCc1ccc(F)cc1. The van der Waals surface area contributed by atoms with E-state index in [1.54, 1.807) is 55.5 Å². The minimum atomic E-state index is -0.344. The minimum absolute atomic E-state index is 0.122. The lowest BCUT2D eigenvalue weighted by Gasteiger charge is -2.22. The summed E-state index contributed by atoms with van der Waals surface area (Å²) in [5, 5.41) is 2.74. The fourth-order valence-electron chi connectivity index (χ4n) is 3.04. The fraction of sp³-hybridized carbons (Fsp3) is 0.200. The van der Waals surface area contributed by atoms with Crippen molar-refractivity contribution in [3.05, 3.63) is 101 Å². The first-order chi connectivity index (χ1) is 15.5. The summed E-state index contributed by atoms with van der Waals surface area (Å²) in [6.45, 7) is 2.40. The summed E-state index contributed by atoms with van der Waals surface area (Å²) < 4.78 is 31.9. The molecule has 0 aliphatic heterocycles. The van der Waals surface area contributed by atoms with Crippen molar-refractivity contribution in [2.75, 3.05) is 13.1 Å². The van der Waals surface area contributed by atoms with Gasteiger partial charge in [-0.2, -0.15) is 0 Å². The van der Waals surface area contributed by atoms with Crippen LogP contribution in [0, 0.1) is 11.6 Å². The number of para-hydroxylation sites is 1. The number of amides is 2. The van der Waals surface area contributed by atoms with Gasteiger partial charge in [0.05, 0.1) is 12.1 Å². The molecule has 166 valence electrons. The Morgan fingerprint density at radius 2 is 1.47 bits per heavy atom. The van der Waals surface area contributed by atoms with Crippen molar-refractivity contribution >= 4 is 11.8 Å². The van der Waals surface area contributed by atoms with Gasteiger partial charge in [-0.05, 0) is 54.4 Å². The zero-order chi connectivity index (χ0) is 22.9. The van der Waals surface area contributed by atoms with Gasteiger partial charge in [0, 0.05) is 13.1 Å². The maximum atomic E-state index is 13.1. The number of hydrogen-bond donors (Lipinski definition) is 1. The van der Waals surface area contributed by atoms with Crippen LogP contribution in [0.1, 0.15) is 28.4 Å². The Bertz CT molecular complexity index is 1050. The number of rotatable bonds is 9. The monoisotopic (exact) mass is 438 g/mol. The molecule has 0 saturated heterocycles. The number of nitrogens with zero attached hydrogens (tertiary/aromatic N) is 1. The Balaban J connectivity index is 1.62. The number of carbonyl (C=O) groups is 2. The second-order valence-electron chi connectivity index (χ2n) is 7.13. The molecule has 3 aromatic rings. The van der Waals surface area contributed by atoms with E-state index in [9.17, 15) is 18.4 Å². The Morgan fingerprint density at radius 3 is 2.09 bits per heavy atom. The van der Waals surface area contributed by atoms with Crippen LogP contribution in [0.3, 0.4) is 0 Å². The molecule has 0 atom stereocenters. The van der Waals surface area contributed by atoms with Gasteiger partial charge in [0.15, 0.2) is 0 Å². The third-order valence-electron chi connectivity index (χ3n) is 4.83. The Hall–Kier alpha value is -3.74. The topological polar surface area (TPSA) is 58.6 Å². The number of benzene rings is 3. The van der Waals surface area contributed by atoms with Gasteiger partial charge in [0.1, 0.15) is 24.0 Å². The summed E-state index contributed by atoms with van der Waals surface area (Å²) in [7, 11) is 0. The molecule has 32 heavy (non-hydrogen) atoms.